The van der Waals surface area contributed by atoms with Crippen LogP contribution in [0.1, 0.15) is 79.1 Å². The van der Waals surface area contributed by atoms with Crippen LogP contribution in [0.2, 0.25) is 0 Å². The van der Waals surface area contributed by atoms with Crippen molar-refractivity contribution in [1.82, 2.24) is 0 Å². The van der Waals surface area contributed by atoms with Crippen LogP contribution >= 0.6 is 0 Å². The van der Waals surface area contributed by atoms with E-state index in [1.165, 1.54) is 25.7 Å². The van der Waals surface area contributed by atoms with Crippen LogP contribution < -0.4 is 4.90 Å². The molecule has 1 aromatic rings. The van der Waals surface area contributed by atoms with Crippen molar-refractivity contribution in [2.24, 2.45) is 11.8 Å². The van der Waals surface area contributed by atoms with Gasteiger partial charge in [0.1, 0.15) is 5.75 Å². The van der Waals surface area contributed by atoms with Crippen molar-refractivity contribution >= 4 is 5.69 Å². The summed E-state index contributed by atoms with van der Waals surface area (Å²) in [5.74, 6) is 1.25. The van der Waals surface area contributed by atoms with Gasteiger partial charge in [-0.1, -0.05) is 66.2 Å². The number of anilines is 1. The molecule has 0 fully saturated rings. The van der Waals surface area contributed by atoms with Gasteiger partial charge in [0.25, 0.3) is 0 Å². The van der Waals surface area contributed by atoms with Crippen LogP contribution in [0.3, 0.4) is 0 Å². The fraction of sp³-hybridized carbons (Fsp3) is 0.786. The third kappa shape index (κ3) is 13.5. The van der Waals surface area contributed by atoms with Crippen molar-refractivity contribution in [2.45, 2.75) is 91.3 Å². The van der Waals surface area contributed by atoms with Crippen LogP contribution in [0.4, 0.5) is 5.69 Å². The molecule has 0 spiro atoms. The zero-order valence-electron chi connectivity index (χ0n) is 22.1. The fourth-order valence-corrected chi connectivity index (χ4v) is 4.10. The second-order valence-electron chi connectivity index (χ2n) is 9.64. The normalized spacial score (nSPS) is 15.1. The Morgan fingerprint density at radius 2 is 1.15 bits per heavy atom. The van der Waals surface area contributed by atoms with Crippen LogP contribution in [0, 0.1) is 11.8 Å². The number of unbranched alkanes of at least 4 members (excludes halogenated alkanes) is 2. The van der Waals surface area contributed by atoms with E-state index in [4.69, 9.17) is 9.47 Å². The van der Waals surface area contributed by atoms with Gasteiger partial charge in [0, 0.05) is 32.0 Å². The summed E-state index contributed by atoms with van der Waals surface area (Å²) < 4.78 is 11.7. The van der Waals surface area contributed by atoms with E-state index in [2.05, 4.69) is 27.7 Å². The molecule has 0 radical (unpaired) electrons. The Labute approximate surface area is 208 Å². The summed E-state index contributed by atoms with van der Waals surface area (Å²) in [7, 11) is 0. The Morgan fingerprint density at radius 1 is 0.706 bits per heavy atom. The van der Waals surface area contributed by atoms with Gasteiger partial charge < -0.3 is 29.7 Å². The average Bonchev–Trinajstić information content (AvgIpc) is 2.83. The molecule has 1 aromatic carbocycles. The standard InChI is InChI=1S/C28H51NO5/c1-5-9-11-23(7-3)19-33-21-27(31)17-29(25-13-15-26(30)16-14-25)18-28(32)22-34-20-24(8-4)12-10-6-2/h13-16,23-24,27-28,30-32H,5-12,17-22H2,1-4H3. The van der Waals surface area contributed by atoms with Gasteiger partial charge in [0.15, 0.2) is 0 Å². The molecule has 6 heteroatoms. The van der Waals surface area contributed by atoms with Gasteiger partial charge in [0.05, 0.1) is 25.4 Å². The number of rotatable bonds is 21. The van der Waals surface area contributed by atoms with Gasteiger partial charge in [-0.15, -0.1) is 0 Å². The molecule has 0 saturated carbocycles. The fourth-order valence-electron chi connectivity index (χ4n) is 4.10. The van der Waals surface area contributed by atoms with E-state index in [0.717, 1.165) is 31.4 Å². The maximum absolute atomic E-state index is 10.6. The molecule has 0 aromatic heterocycles. The van der Waals surface area contributed by atoms with Gasteiger partial charge >= 0.3 is 0 Å². The van der Waals surface area contributed by atoms with Gasteiger partial charge in [-0.2, -0.15) is 0 Å². The molecule has 0 amide bonds. The number of nitrogens with zero attached hydrogens (tertiary/aromatic N) is 1. The Bertz CT molecular complexity index is 567. The van der Waals surface area contributed by atoms with E-state index in [1.54, 1.807) is 24.3 Å². The van der Waals surface area contributed by atoms with E-state index in [9.17, 15) is 15.3 Å². The van der Waals surface area contributed by atoms with Crippen molar-refractivity contribution in [3.05, 3.63) is 24.3 Å². The first-order valence-corrected chi connectivity index (χ1v) is 13.5. The maximum atomic E-state index is 10.6. The molecule has 0 saturated heterocycles. The number of phenols is 1. The van der Waals surface area contributed by atoms with E-state index >= 15 is 0 Å². The Balaban J connectivity index is 2.58. The highest BCUT2D eigenvalue weighted by Crippen LogP contribution is 2.20. The monoisotopic (exact) mass is 481 g/mol. The van der Waals surface area contributed by atoms with Crippen LogP contribution in [-0.4, -0.2) is 67.0 Å². The van der Waals surface area contributed by atoms with Crippen LogP contribution in [0.25, 0.3) is 0 Å². The summed E-state index contributed by atoms with van der Waals surface area (Å²) in [5.41, 5.74) is 0.833. The summed E-state index contributed by atoms with van der Waals surface area (Å²) in [4.78, 5) is 1.93. The highest BCUT2D eigenvalue weighted by atomic mass is 16.5. The first-order valence-electron chi connectivity index (χ1n) is 13.5. The van der Waals surface area contributed by atoms with Crippen molar-refractivity contribution in [1.29, 1.82) is 0 Å². The third-order valence-corrected chi connectivity index (χ3v) is 6.49. The lowest BCUT2D eigenvalue weighted by Gasteiger charge is -2.30. The van der Waals surface area contributed by atoms with Crippen molar-refractivity contribution in [3.8, 4) is 5.75 Å². The van der Waals surface area contributed by atoms with Crippen LogP contribution in [0.5, 0.6) is 5.75 Å². The number of phenolic OH excluding ortho intramolecular Hbond substituents is 1. The molecule has 0 aliphatic carbocycles. The molecule has 0 aliphatic heterocycles. The number of hydrogen-bond donors (Lipinski definition) is 3. The summed E-state index contributed by atoms with van der Waals surface area (Å²) >= 11 is 0. The molecular weight excluding hydrogens is 430 g/mol. The summed E-state index contributed by atoms with van der Waals surface area (Å²) in [5, 5.41) is 30.9. The second kappa shape index (κ2) is 18.9. The SMILES string of the molecule is CCCCC(CC)COCC(O)CN(CC(O)COCC(CC)CCCC)c1ccc(O)cc1. The minimum Gasteiger partial charge on any atom is -0.508 e. The molecule has 0 aliphatic rings. The average molecular weight is 482 g/mol. The zero-order valence-corrected chi connectivity index (χ0v) is 22.1. The number of aliphatic hydroxyl groups excluding tert-OH is 2. The van der Waals surface area contributed by atoms with E-state index in [1.807, 2.05) is 4.90 Å². The number of aromatic hydroxyl groups is 1. The number of benzene rings is 1. The second-order valence-corrected chi connectivity index (χ2v) is 9.64. The van der Waals surface area contributed by atoms with Crippen molar-refractivity contribution in [3.63, 3.8) is 0 Å². The van der Waals surface area contributed by atoms with Gasteiger partial charge in [-0.05, 0) is 48.9 Å². The van der Waals surface area contributed by atoms with Gasteiger partial charge in [-0.25, -0.2) is 0 Å². The third-order valence-electron chi connectivity index (χ3n) is 6.49. The lowest BCUT2D eigenvalue weighted by molar-refractivity contribution is 0.0133. The summed E-state index contributed by atoms with van der Waals surface area (Å²) in [6.45, 7) is 11.3. The Hall–Kier alpha value is -1.34. The van der Waals surface area contributed by atoms with Crippen molar-refractivity contribution in [2.75, 3.05) is 44.4 Å². The topological polar surface area (TPSA) is 82.4 Å². The first kappa shape index (κ1) is 30.7. The highest BCUT2D eigenvalue weighted by molar-refractivity contribution is 5.49. The van der Waals surface area contributed by atoms with Crippen LogP contribution in [0.15, 0.2) is 24.3 Å². The van der Waals surface area contributed by atoms with E-state index in [0.29, 0.717) is 38.1 Å². The minimum atomic E-state index is -0.677. The largest absolute Gasteiger partial charge is 0.508 e. The number of aliphatic hydroxyl groups is 2. The Kier molecular flexibility index (Phi) is 17.1. The quantitative estimate of drug-likeness (QED) is 0.218. The first-order chi connectivity index (χ1) is 16.4. The van der Waals surface area contributed by atoms with Crippen molar-refractivity contribution < 1.29 is 24.8 Å². The lowest BCUT2D eigenvalue weighted by Crippen LogP contribution is -2.41. The molecular formula is C28H51NO5. The summed E-state index contributed by atoms with van der Waals surface area (Å²) in [6, 6.07) is 6.83. The molecule has 34 heavy (non-hydrogen) atoms. The van der Waals surface area contributed by atoms with Crippen LogP contribution in [-0.2, 0) is 9.47 Å². The molecule has 3 N–H and O–H groups in total. The predicted molar refractivity (Wildman–Crippen MR) is 141 cm³/mol. The minimum absolute atomic E-state index is 0.187. The van der Waals surface area contributed by atoms with E-state index in [-0.39, 0.29) is 19.0 Å². The number of hydrogen-bond acceptors (Lipinski definition) is 6. The zero-order chi connectivity index (χ0) is 25.2. The molecule has 0 bridgehead atoms. The van der Waals surface area contributed by atoms with E-state index < -0.39 is 12.2 Å². The highest BCUT2D eigenvalue weighted by Gasteiger charge is 2.18. The summed E-state index contributed by atoms with van der Waals surface area (Å²) in [6.07, 6.45) is 7.91. The molecule has 198 valence electrons. The molecule has 6 nitrogen and oxygen atoms in total. The number of ether oxygens (including phenoxy) is 2. The van der Waals surface area contributed by atoms with Gasteiger partial charge in [-0.3, -0.25) is 0 Å². The smallest absolute Gasteiger partial charge is 0.115 e. The molecule has 1 rings (SSSR count). The molecule has 4 atom stereocenters. The lowest BCUT2D eigenvalue weighted by atomic mass is 10.0. The van der Waals surface area contributed by atoms with Gasteiger partial charge in [0.2, 0.25) is 0 Å². The Morgan fingerprint density at radius 3 is 1.53 bits per heavy atom. The molecule has 0 heterocycles. The maximum Gasteiger partial charge on any atom is 0.115 e. The predicted octanol–water partition coefficient (Wildman–Crippen LogP) is 5.39. The molecule has 4 unspecified atom stereocenters.